The minimum atomic E-state index is -0.740. The molecule has 1 aliphatic carbocycles. The third kappa shape index (κ3) is 3.17. The minimum Gasteiger partial charge on any atom is -0.203 e. The molecule has 0 N–H and O–H groups in total. The molecule has 1 fully saturated rings. The molecule has 2 heteroatoms. The summed E-state index contributed by atoms with van der Waals surface area (Å²) in [5.41, 5.74) is 3.60. The topological polar surface area (TPSA) is 0 Å². The zero-order valence-electron chi connectivity index (χ0n) is 14.1. The predicted octanol–water partition coefficient (Wildman–Crippen LogP) is 6.54. The average molecular weight is 314 g/mol. The third-order valence-corrected chi connectivity index (χ3v) is 5.27. The van der Waals surface area contributed by atoms with E-state index < -0.39 is 11.6 Å². The van der Waals surface area contributed by atoms with Gasteiger partial charge in [-0.2, -0.15) is 0 Å². The van der Waals surface area contributed by atoms with Crippen molar-refractivity contribution in [1.29, 1.82) is 0 Å². The summed E-state index contributed by atoms with van der Waals surface area (Å²) in [4.78, 5) is 0. The summed E-state index contributed by atoms with van der Waals surface area (Å²) in [6.45, 7) is 5.75. The molecule has 0 nitrogen and oxygen atoms in total. The molecule has 0 amide bonds. The van der Waals surface area contributed by atoms with E-state index >= 15 is 0 Å². The van der Waals surface area contributed by atoms with Gasteiger partial charge in [-0.25, -0.2) is 8.78 Å². The van der Waals surface area contributed by atoms with Gasteiger partial charge >= 0.3 is 0 Å². The summed E-state index contributed by atoms with van der Waals surface area (Å²) >= 11 is 0. The van der Waals surface area contributed by atoms with Gasteiger partial charge in [-0.3, -0.25) is 0 Å². The van der Waals surface area contributed by atoms with Crippen molar-refractivity contribution in [3.05, 3.63) is 58.7 Å². The number of rotatable bonds is 2. The van der Waals surface area contributed by atoms with E-state index in [-0.39, 0.29) is 0 Å². The van der Waals surface area contributed by atoms with Gasteiger partial charge in [0, 0.05) is 5.56 Å². The van der Waals surface area contributed by atoms with Crippen molar-refractivity contribution in [2.24, 2.45) is 5.92 Å². The van der Waals surface area contributed by atoms with Crippen LogP contribution in [0, 0.1) is 31.4 Å². The largest absolute Gasteiger partial charge is 0.203 e. The summed E-state index contributed by atoms with van der Waals surface area (Å²) < 4.78 is 28.2. The maximum atomic E-state index is 14.3. The second-order valence-electron chi connectivity index (χ2n) is 7.09. The van der Waals surface area contributed by atoms with Crippen molar-refractivity contribution in [2.45, 2.75) is 52.4 Å². The van der Waals surface area contributed by atoms with Crippen LogP contribution in [0.2, 0.25) is 0 Å². The molecule has 3 rings (SSSR count). The fourth-order valence-corrected chi connectivity index (χ4v) is 3.79. The predicted molar refractivity (Wildman–Crippen MR) is 91.6 cm³/mol. The van der Waals surface area contributed by atoms with Crippen LogP contribution in [-0.4, -0.2) is 0 Å². The molecule has 0 saturated heterocycles. The van der Waals surface area contributed by atoms with Crippen molar-refractivity contribution in [3.8, 4) is 11.1 Å². The first kappa shape index (κ1) is 16.2. The van der Waals surface area contributed by atoms with Crippen molar-refractivity contribution in [1.82, 2.24) is 0 Å². The van der Waals surface area contributed by atoms with Gasteiger partial charge in [-0.15, -0.1) is 0 Å². The standard InChI is InChI=1S/C21H24F2/c1-13-4-6-16(7-5-13)17-8-10-18(11-9-17)19-14(2)12-15(3)20(22)21(19)23/h8-13,16H,4-7H2,1-3H3. The Bertz CT molecular complexity index is 693. The van der Waals surface area contributed by atoms with Gasteiger partial charge in [0.25, 0.3) is 0 Å². The Kier molecular flexibility index (Phi) is 4.52. The quantitative estimate of drug-likeness (QED) is 0.590. The molecule has 0 bridgehead atoms. The molecule has 2 aromatic carbocycles. The third-order valence-electron chi connectivity index (χ3n) is 5.27. The maximum absolute atomic E-state index is 14.3. The van der Waals surface area contributed by atoms with E-state index in [2.05, 4.69) is 19.1 Å². The first-order valence-corrected chi connectivity index (χ1v) is 8.53. The number of hydrogen-bond donors (Lipinski definition) is 0. The minimum absolute atomic E-state index is 0.358. The fourth-order valence-electron chi connectivity index (χ4n) is 3.79. The lowest BCUT2D eigenvalue weighted by Gasteiger charge is -2.26. The van der Waals surface area contributed by atoms with Gasteiger partial charge in [0.05, 0.1) is 0 Å². The molecule has 0 atom stereocenters. The van der Waals surface area contributed by atoms with Crippen LogP contribution in [0.1, 0.15) is 55.2 Å². The SMILES string of the molecule is Cc1cc(C)c(-c2ccc(C3CCC(C)CC3)cc2)c(F)c1F. The molecule has 0 heterocycles. The molecular formula is C21H24F2. The van der Waals surface area contributed by atoms with Crippen LogP contribution in [0.4, 0.5) is 8.78 Å². The van der Waals surface area contributed by atoms with E-state index in [4.69, 9.17) is 0 Å². The number of aryl methyl sites for hydroxylation is 2. The zero-order chi connectivity index (χ0) is 16.6. The molecule has 0 aliphatic heterocycles. The number of hydrogen-bond acceptors (Lipinski definition) is 0. The molecule has 1 aliphatic rings. The smallest absolute Gasteiger partial charge is 0.167 e. The van der Waals surface area contributed by atoms with Crippen LogP contribution in [0.3, 0.4) is 0 Å². The average Bonchev–Trinajstić information content (AvgIpc) is 2.54. The molecule has 122 valence electrons. The maximum Gasteiger partial charge on any atom is 0.167 e. The first-order valence-electron chi connectivity index (χ1n) is 8.53. The van der Waals surface area contributed by atoms with E-state index in [1.54, 1.807) is 13.0 Å². The lowest BCUT2D eigenvalue weighted by Crippen LogP contribution is -2.10. The van der Waals surface area contributed by atoms with E-state index in [9.17, 15) is 8.78 Å². The summed E-state index contributed by atoms with van der Waals surface area (Å²) in [5.74, 6) is -0.0311. The Hall–Kier alpha value is -1.70. The van der Waals surface area contributed by atoms with Gasteiger partial charge in [-0.05, 0) is 60.8 Å². The van der Waals surface area contributed by atoms with Crippen molar-refractivity contribution in [3.63, 3.8) is 0 Å². The summed E-state index contributed by atoms with van der Waals surface area (Å²) in [5, 5.41) is 0. The van der Waals surface area contributed by atoms with Crippen molar-refractivity contribution in [2.75, 3.05) is 0 Å². The van der Waals surface area contributed by atoms with Crippen LogP contribution in [0.25, 0.3) is 11.1 Å². The van der Waals surface area contributed by atoms with Gasteiger partial charge in [0.2, 0.25) is 0 Å². The van der Waals surface area contributed by atoms with Crippen LogP contribution in [-0.2, 0) is 0 Å². The van der Waals surface area contributed by atoms with Crippen LogP contribution >= 0.6 is 0 Å². The monoisotopic (exact) mass is 314 g/mol. The molecular weight excluding hydrogens is 290 g/mol. The molecule has 0 unspecified atom stereocenters. The van der Waals surface area contributed by atoms with E-state index in [0.717, 1.165) is 17.0 Å². The normalized spacial score (nSPS) is 21.4. The molecule has 23 heavy (non-hydrogen) atoms. The Labute approximate surface area is 137 Å². The van der Waals surface area contributed by atoms with E-state index in [1.807, 2.05) is 19.1 Å². The van der Waals surface area contributed by atoms with Gasteiger partial charge in [0.15, 0.2) is 11.6 Å². The number of benzene rings is 2. The molecule has 0 spiro atoms. The van der Waals surface area contributed by atoms with Crippen LogP contribution in [0.5, 0.6) is 0 Å². The number of halogens is 2. The Morgan fingerprint density at radius 2 is 1.43 bits per heavy atom. The van der Waals surface area contributed by atoms with Gasteiger partial charge < -0.3 is 0 Å². The van der Waals surface area contributed by atoms with Crippen molar-refractivity contribution >= 4 is 0 Å². The van der Waals surface area contributed by atoms with Crippen LogP contribution in [0.15, 0.2) is 30.3 Å². The van der Waals surface area contributed by atoms with Crippen molar-refractivity contribution < 1.29 is 8.78 Å². The highest BCUT2D eigenvalue weighted by molar-refractivity contribution is 5.69. The highest BCUT2D eigenvalue weighted by Gasteiger charge is 2.20. The lowest BCUT2D eigenvalue weighted by molar-refractivity contribution is 0.348. The summed E-state index contributed by atoms with van der Waals surface area (Å²) in [6.07, 6.45) is 5.02. The van der Waals surface area contributed by atoms with Crippen LogP contribution < -0.4 is 0 Å². The Balaban J connectivity index is 1.90. The van der Waals surface area contributed by atoms with Gasteiger partial charge in [0.1, 0.15) is 0 Å². The zero-order valence-corrected chi connectivity index (χ0v) is 14.1. The molecule has 1 saturated carbocycles. The summed E-state index contributed by atoms with van der Waals surface area (Å²) in [6, 6.07) is 9.77. The summed E-state index contributed by atoms with van der Waals surface area (Å²) in [7, 11) is 0. The Morgan fingerprint density at radius 1 is 0.826 bits per heavy atom. The highest BCUT2D eigenvalue weighted by Crippen LogP contribution is 2.37. The lowest BCUT2D eigenvalue weighted by atomic mass is 9.79. The highest BCUT2D eigenvalue weighted by atomic mass is 19.2. The Morgan fingerprint density at radius 3 is 2.04 bits per heavy atom. The second-order valence-corrected chi connectivity index (χ2v) is 7.09. The van der Waals surface area contributed by atoms with E-state index in [0.29, 0.717) is 17.0 Å². The van der Waals surface area contributed by atoms with Gasteiger partial charge in [-0.1, -0.05) is 50.1 Å². The molecule has 0 aromatic heterocycles. The molecule has 2 aromatic rings. The second kappa shape index (κ2) is 6.43. The molecule has 0 radical (unpaired) electrons. The van der Waals surface area contributed by atoms with E-state index in [1.165, 1.54) is 31.2 Å². The first-order chi connectivity index (χ1) is 11.0. The fraction of sp³-hybridized carbons (Fsp3) is 0.429.